The molecule has 0 bridgehead atoms. The number of nitrogens with zero attached hydrogens (tertiary/aromatic N) is 2. The van der Waals surface area contributed by atoms with E-state index < -0.39 is 5.60 Å². The van der Waals surface area contributed by atoms with Crippen molar-refractivity contribution < 1.29 is 9.90 Å². The van der Waals surface area contributed by atoms with E-state index >= 15 is 0 Å². The standard InChI is InChI=1S/C20H23BrN2O2/c1-15-12-18(21)3-2-17(15)13-19(24)23-10-6-20(25,7-11-23)14-16-4-8-22-9-5-16/h2-5,8-9,12,25H,6-7,10-11,13-14H2,1H3. The summed E-state index contributed by atoms with van der Waals surface area (Å²) in [5, 5.41) is 10.8. The van der Waals surface area contributed by atoms with Crippen molar-refractivity contribution in [3.63, 3.8) is 0 Å². The second-order valence-electron chi connectivity index (χ2n) is 6.88. The first-order chi connectivity index (χ1) is 12.0. The molecule has 2 heterocycles. The zero-order chi connectivity index (χ0) is 17.9. The summed E-state index contributed by atoms with van der Waals surface area (Å²) in [6.07, 6.45) is 5.75. The van der Waals surface area contributed by atoms with E-state index in [2.05, 4.69) is 20.9 Å². The molecular formula is C20H23BrN2O2. The van der Waals surface area contributed by atoms with Gasteiger partial charge in [0.2, 0.25) is 5.91 Å². The number of carbonyl (C=O) groups is 1. The van der Waals surface area contributed by atoms with E-state index in [0.717, 1.165) is 21.2 Å². The number of pyridine rings is 1. The zero-order valence-electron chi connectivity index (χ0n) is 14.4. The van der Waals surface area contributed by atoms with Gasteiger partial charge in [0, 0.05) is 36.4 Å². The Hall–Kier alpha value is -1.72. The molecule has 0 aliphatic carbocycles. The average molecular weight is 403 g/mol. The van der Waals surface area contributed by atoms with Crippen molar-refractivity contribution in [2.45, 2.75) is 38.2 Å². The van der Waals surface area contributed by atoms with Gasteiger partial charge in [-0.1, -0.05) is 22.0 Å². The van der Waals surface area contributed by atoms with Crippen molar-refractivity contribution >= 4 is 21.8 Å². The van der Waals surface area contributed by atoms with Gasteiger partial charge in [0.25, 0.3) is 0 Å². The molecule has 0 unspecified atom stereocenters. The maximum Gasteiger partial charge on any atom is 0.227 e. The number of hydrogen-bond donors (Lipinski definition) is 1. The summed E-state index contributed by atoms with van der Waals surface area (Å²) in [7, 11) is 0. The molecule has 1 aliphatic heterocycles. The molecule has 4 nitrogen and oxygen atoms in total. The van der Waals surface area contributed by atoms with Crippen LogP contribution in [0.5, 0.6) is 0 Å². The first-order valence-corrected chi connectivity index (χ1v) is 9.39. The topological polar surface area (TPSA) is 53.4 Å². The van der Waals surface area contributed by atoms with Gasteiger partial charge < -0.3 is 10.0 Å². The molecule has 1 N–H and O–H groups in total. The van der Waals surface area contributed by atoms with Crippen LogP contribution in [0.3, 0.4) is 0 Å². The second kappa shape index (κ2) is 7.67. The molecule has 1 fully saturated rings. The third kappa shape index (κ3) is 4.67. The van der Waals surface area contributed by atoms with E-state index in [1.54, 1.807) is 12.4 Å². The minimum atomic E-state index is -0.730. The van der Waals surface area contributed by atoms with Crippen LogP contribution in [0.2, 0.25) is 0 Å². The Balaban J connectivity index is 1.57. The van der Waals surface area contributed by atoms with Crippen LogP contribution >= 0.6 is 15.9 Å². The highest BCUT2D eigenvalue weighted by Gasteiger charge is 2.33. The summed E-state index contributed by atoms with van der Waals surface area (Å²) in [6, 6.07) is 9.88. The number of rotatable bonds is 4. The van der Waals surface area contributed by atoms with Crippen LogP contribution in [-0.2, 0) is 17.6 Å². The molecule has 3 rings (SSSR count). The lowest BCUT2D eigenvalue weighted by molar-refractivity contribution is -0.134. The fraction of sp³-hybridized carbons (Fsp3) is 0.400. The lowest BCUT2D eigenvalue weighted by Gasteiger charge is -2.38. The van der Waals surface area contributed by atoms with E-state index in [1.165, 1.54) is 0 Å². The molecule has 25 heavy (non-hydrogen) atoms. The summed E-state index contributed by atoms with van der Waals surface area (Å²) < 4.78 is 1.03. The van der Waals surface area contributed by atoms with Crippen LogP contribution in [-0.4, -0.2) is 39.6 Å². The van der Waals surface area contributed by atoms with Gasteiger partial charge in [-0.3, -0.25) is 9.78 Å². The van der Waals surface area contributed by atoms with Crippen LogP contribution in [0.25, 0.3) is 0 Å². The largest absolute Gasteiger partial charge is 0.389 e. The zero-order valence-corrected chi connectivity index (χ0v) is 16.0. The summed E-state index contributed by atoms with van der Waals surface area (Å²) in [5.74, 6) is 0.136. The molecule has 0 atom stereocenters. The van der Waals surface area contributed by atoms with Crippen LogP contribution < -0.4 is 0 Å². The van der Waals surface area contributed by atoms with Gasteiger partial charge in [-0.25, -0.2) is 0 Å². The highest BCUT2D eigenvalue weighted by atomic mass is 79.9. The fourth-order valence-electron chi connectivity index (χ4n) is 3.36. The number of likely N-dealkylation sites (tertiary alicyclic amines) is 1. The molecule has 1 aromatic heterocycles. The van der Waals surface area contributed by atoms with Gasteiger partial charge in [0.05, 0.1) is 12.0 Å². The Kier molecular flexibility index (Phi) is 5.54. The molecule has 0 spiro atoms. The Morgan fingerprint density at radius 3 is 2.56 bits per heavy atom. The minimum Gasteiger partial charge on any atom is -0.389 e. The first-order valence-electron chi connectivity index (χ1n) is 8.59. The molecule has 1 saturated heterocycles. The molecule has 0 radical (unpaired) electrons. The Labute approximate surface area is 157 Å². The normalized spacial score (nSPS) is 16.7. The van der Waals surface area contributed by atoms with Crippen molar-refractivity contribution in [1.82, 2.24) is 9.88 Å². The number of benzene rings is 1. The molecule has 2 aromatic rings. The molecule has 132 valence electrons. The Bertz CT molecular complexity index is 741. The Morgan fingerprint density at radius 1 is 1.24 bits per heavy atom. The van der Waals surface area contributed by atoms with Crippen LogP contribution in [0, 0.1) is 6.92 Å². The summed E-state index contributed by atoms with van der Waals surface area (Å²) in [5.41, 5.74) is 2.54. The van der Waals surface area contributed by atoms with E-state index in [0.29, 0.717) is 38.8 Å². The number of amides is 1. The van der Waals surface area contributed by atoms with Crippen molar-refractivity contribution in [2.75, 3.05) is 13.1 Å². The van der Waals surface area contributed by atoms with Gasteiger partial charge in [0.15, 0.2) is 0 Å². The number of aryl methyl sites for hydroxylation is 1. The third-order valence-electron chi connectivity index (χ3n) is 4.98. The van der Waals surface area contributed by atoms with Crippen LogP contribution in [0.15, 0.2) is 47.2 Å². The van der Waals surface area contributed by atoms with Crippen LogP contribution in [0.4, 0.5) is 0 Å². The highest BCUT2D eigenvalue weighted by Crippen LogP contribution is 2.27. The van der Waals surface area contributed by atoms with Gasteiger partial charge in [0.1, 0.15) is 0 Å². The second-order valence-corrected chi connectivity index (χ2v) is 7.80. The molecule has 1 aromatic carbocycles. The molecule has 1 amide bonds. The van der Waals surface area contributed by atoms with E-state index in [9.17, 15) is 9.90 Å². The van der Waals surface area contributed by atoms with E-state index in [1.807, 2.05) is 42.2 Å². The fourth-order valence-corrected chi connectivity index (χ4v) is 3.84. The maximum atomic E-state index is 12.6. The van der Waals surface area contributed by atoms with Gasteiger partial charge in [-0.05, 0) is 60.7 Å². The van der Waals surface area contributed by atoms with Gasteiger partial charge in [-0.15, -0.1) is 0 Å². The molecule has 1 aliphatic rings. The van der Waals surface area contributed by atoms with Gasteiger partial charge >= 0.3 is 0 Å². The van der Waals surface area contributed by atoms with Gasteiger partial charge in [-0.2, -0.15) is 0 Å². The van der Waals surface area contributed by atoms with E-state index in [4.69, 9.17) is 0 Å². The Morgan fingerprint density at radius 2 is 1.92 bits per heavy atom. The molecule has 0 saturated carbocycles. The highest BCUT2D eigenvalue weighted by molar-refractivity contribution is 9.10. The number of aromatic nitrogens is 1. The summed E-state index contributed by atoms with van der Waals surface area (Å²) in [6.45, 7) is 3.24. The number of aliphatic hydroxyl groups is 1. The molecule has 5 heteroatoms. The summed E-state index contributed by atoms with van der Waals surface area (Å²) in [4.78, 5) is 18.5. The number of halogens is 1. The quantitative estimate of drug-likeness (QED) is 0.853. The van der Waals surface area contributed by atoms with Crippen molar-refractivity contribution in [2.24, 2.45) is 0 Å². The number of hydrogen-bond acceptors (Lipinski definition) is 3. The van der Waals surface area contributed by atoms with Crippen molar-refractivity contribution in [3.8, 4) is 0 Å². The predicted octanol–water partition coefficient (Wildman–Crippen LogP) is 3.29. The predicted molar refractivity (Wildman–Crippen MR) is 101 cm³/mol. The maximum absolute atomic E-state index is 12.6. The number of piperidine rings is 1. The van der Waals surface area contributed by atoms with Crippen LogP contribution in [0.1, 0.15) is 29.5 Å². The summed E-state index contributed by atoms with van der Waals surface area (Å²) >= 11 is 3.45. The minimum absolute atomic E-state index is 0.136. The monoisotopic (exact) mass is 402 g/mol. The lowest BCUT2D eigenvalue weighted by Crippen LogP contribution is -2.48. The SMILES string of the molecule is Cc1cc(Br)ccc1CC(=O)N1CCC(O)(Cc2ccncc2)CC1. The average Bonchev–Trinajstić information content (AvgIpc) is 2.58. The number of carbonyl (C=O) groups excluding carboxylic acids is 1. The van der Waals surface area contributed by atoms with Crippen molar-refractivity contribution in [3.05, 3.63) is 63.9 Å². The lowest BCUT2D eigenvalue weighted by atomic mass is 9.85. The van der Waals surface area contributed by atoms with Crippen molar-refractivity contribution in [1.29, 1.82) is 0 Å². The smallest absolute Gasteiger partial charge is 0.227 e. The molecular weight excluding hydrogens is 380 g/mol. The third-order valence-corrected chi connectivity index (χ3v) is 5.47. The first kappa shape index (κ1) is 18.1. The van der Waals surface area contributed by atoms with E-state index in [-0.39, 0.29) is 5.91 Å².